The molecule has 0 radical (unpaired) electrons. The van der Waals surface area contributed by atoms with E-state index in [0.717, 1.165) is 32.0 Å². The zero-order valence-electron chi connectivity index (χ0n) is 12.0. The van der Waals surface area contributed by atoms with Crippen LogP contribution in [0.2, 0.25) is 0 Å². The standard InChI is InChI=1S/C15H28N2S/c1-15(2,3)14(6-8-16)5-4-9-17-11-13-7-10-18-12-13/h7,10,12,14,17H,4-6,8-9,11,16H2,1-3H3. The van der Waals surface area contributed by atoms with E-state index in [1.165, 1.54) is 18.4 Å². The average molecular weight is 268 g/mol. The van der Waals surface area contributed by atoms with E-state index in [1.807, 2.05) is 0 Å². The molecule has 0 aliphatic heterocycles. The number of hydrogen-bond donors (Lipinski definition) is 2. The van der Waals surface area contributed by atoms with Crippen molar-refractivity contribution < 1.29 is 0 Å². The fraction of sp³-hybridized carbons (Fsp3) is 0.733. The molecule has 1 aromatic heterocycles. The fourth-order valence-electron chi connectivity index (χ4n) is 2.31. The van der Waals surface area contributed by atoms with Crippen LogP contribution in [0.5, 0.6) is 0 Å². The minimum absolute atomic E-state index is 0.382. The maximum atomic E-state index is 5.71. The lowest BCUT2D eigenvalue weighted by Gasteiger charge is -2.30. The van der Waals surface area contributed by atoms with Gasteiger partial charge in [-0.15, -0.1) is 0 Å². The Kier molecular flexibility index (Phi) is 6.90. The quantitative estimate of drug-likeness (QED) is 0.707. The molecule has 0 saturated carbocycles. The maximum absolute atomic E-state index is 5.71. The van der Waals surface area contributed by atoms with E-state index < -0.39 is 0 Å². The van der Waals surface area contributed by atoms with Crippen molar-refractivity contribution >= 4 is 11.3 Å². The van der Waals surface area contributed by atoms with Crippen molar-refractivity contribution in [3.63, 3.8) is 0 Å². The zero-order valence-corrected chi connectivity index (χ0v) is 12.9. The summed E-state index contributed by atoms with van der Waals surface area (Å²) >= 11 is 1.76. The molecule has 1 unspecified atom stereocenters. The van der Waals surface area contributed by atoms with Gasteiger partial charge in [0, 0.05) is 6.54 Å². The van der Waals surface area contributed by atoms with Gasteiger partial charge in [0.1, 0.15) is 0 Å². The summed E-state index contributed by atoms with van der Waals surface area (Å²) in [5, 5.41) is 7.85. The van der Waals surface area contributed by atoms with Crippen molar-refractivity contribution in [1.29, 1.82) is 0 Å². The molecule has 0 aliphatic rings. The fourth-order valence-corrected chi connectivity index (χ4v) is 2.98. The summed E-state index contributed by atoms with van der Waals surface area (Å²) in [5.74, 6) is 0.741. The van der Waals surface area contributed by atoms with Crippen LogP contribution in [0.4, 0.5) is 0 Å². The molecule has 0 aliphatic carbocycles. The molecular weight excluding hydrogens is 240 g/mol. The first kappa shape index (κ1) is 15.7. The lowest BCUT2D eigenvalue weighted by atomic mass is 9.76. The highest BCUT2D eigenvalue weighted by atomic mass is 32.1. The lowest BCUT2D eigenvalue weighted by molar-refractivity contribution is 0.210. The van der Waals surface area contributed by atoms with Gasteiger partial charge in [-0.25, -0.2) is 0 Å². The predicted molar refractivity (Wildman–Crippen MR) is 81.9 cm³/mol. The Bertz CT molecular complexity index is 301. The monoisotopic (exact) mass is 268 g/mol. The minimum atomic E-state index is 0.382. The van der Waals surface area contributed by atoms with Crippen LogP contribution in [-0.2, 0) is 6.54 Å². The van der Waals surface area contributed by atoms with E-state index in [0.29, 0.717) is 5.41 Å². The highest BCUT2D eigenvalue weighted by Crippen LogP contribution is 2.31. The van der Waals surface area contributed by atoms with Crippen LogP contribution in [0.15, 0.2) is 16.8 Å². The zero-order chi connectivity index (χ0) is 13.4. The molecule has 0 saturated heterocycles. The summed E-state index contributed by atoms with van der Waals surface area (Å²) in [7, 11) is 0. The summed E-state index contributed by atoms with van der Waals surface area (Å²) in [4.78, 5) is 0. The Morgan fingerprint density at radius 3 is 2.67 bits per heavy atom. The van der Waals surface area contributed by atoms with Gasteiger partial charge in [0.05, 0.1) is 0 Å². The van der Waals surface area contributed by atoms with E-state index in [1.54, 1.807) is 11.3 Å². The smallest absolute Gasteiger partial charge is 0.0213 e. The second-order valence-corrected chi connectivity index (χ2v) is 6.87. The molecule has 1 atom stereocenters. The van der Waals surface area contributed by atoms with Crippen molar-refractivity contribution in [2.24, 2.45) is 17.1 Å². The number of thiophene rings is 1. The Labute approximate surface area is 116 Å². The summed E-state index contributed by atoms with van der Waals surface area (Å²) in [6.07, 6.45) is 3.66. The molecule has 0 spiro atoms. The van der Waals surface area contributed by atoms with Crippen LogP contribution < -0.4 is 11.1 Å². The molecular formula is C15H28N2S. The van der Waals surface area contributed by atoms with Crippen molar-refractivity contribution in [3.05, 3.63) is 22.4 Å². The molecule has 0 aromatic carbocycles. The molecule has 1 aromatic rings. The third-order valence-electron chi connectivity index (χ3n) is 3.56. The molecule has 0 bridgehead atoms. The van der Waals surface area contributed by atoms with Crippen LogP contribution in [0.3, 0.4) is 0 Å². The van der Waals surface area contributed by atoms with Gasteiger partial charge in [-0.05, 0) is 66.1 Å². The first-order chi connectivity index (χ1) is 8.54. The van der Waals surface area contributed by atoms with Crippen molar-refractivity contribution in [1.82, 2.24) is 5.32 Å². The van der Waals surface area contributed by atoms with Crippen LogP contribution in [0, 0.1) is 11.3 Å². The molecule has 18 heavy (non-hydrogen) atoms. The molecule has 104 valence electrons. The van der Waals surface area contributed by atoms with Crippen LogP contribution in [0.1, 0.15) is 45.6 Å². The first-order valence-corrected chi connectivity index (χ1v) is 7.90. The van der Waals surface area contributed by atoms with Crippen LogP contribution in [-0.4, -0.2) is 13.1 Å². The first-order valence-electron chi connectivity index (χ1n) is 6.96. The van der Waals surface area contributed by atoms with Gasteiger partial charge in [-0.2, -0.15) is 11.3 Å². The highest BCUT2D eigenvalue weighted by molar-refractivity contribution is 7.07. The van der Waals surface area contributed by atoms with E-state index in [4.69, 9.17) is 5.73 Å². The van der Waals surface area contributed by atoms with Crippen LogP contribution >= 0.6 is 11.3 Å². The molecule has 0 amide bonds. The molecule has 1 heterocycles. The second kappa shape index (κ2) is 7.93. The van der Waals surface area contributed by atoms with E-state index in [2.05, 4.69) is 42.9 Å². The molecule has 3 N–H and O–H groups in total. The molecule has 0 fully saturated rings. The van der Waals surface area contributed by atoms with Gasteiger partial charge >= 0.3 is 0 Å². The minimum Gasteiger partial charge on any atom is -0.330 e. The summed E-state index contributed by atoms with van der Waals surface area (Å²) in [5.41, 5.74) is 7.49. The molecule has 1 rings (SSSR count). The Hall–Kier alpha value is -0.380. The van der Waals surface area contributed by atoms with E-state index in [-0.39, 0.29) is 0 Å². The topological polar surface area (TPSA) is 38.0 Å². The van der Waals surface area contributed by atoms with Gasteiger partial charge in [0.15, 0.2) is 0 Å². The van der Waals surface area contributed by atoms with Crippen molar-refractivity contribution in [2.45, 2.75) is 46.6 Å². The maximum Gasteiger partial charge on any atom is 0.0213 e. The van der Waals surface area contributed by atoms with Crippen LogP contribution in [0.25, 0.3) is 0 Å². The Morgan fingerprint density at radius 1 is 1.33 bits per heavy atom. The van der Waals surface area contributed by atoms with E-state index >= 15 is 0 Å². The Balaban J connectivity index is 2.15. The number of nitrogens with one attached hydrogen (secondary N) is 1. The largest absolute Gasteiger partial charge is 0.330 e. The van der Waals surface area contributed by atoms with Crippen molar-refractivity contribution in [2.75, 3.05) is 13.1 Å². The van der Waals surface area contributed by atoms with E-state index in [9.17, 15) is 0 Å². The summed E-state index contributed by atoms with van der Waals surface area (Å²) < 4.78 is 0. The van der Waals surface area contributed by atoms with Crippen molar-refractivity contribution in [3.8, 4) is 0 Å². The van der Waals surface area contributed by atoms with Gasteiger partial charge in [0.25, 0.3) is 0 Å². The molecule has 3 heteroatoms. The van der Waals surface area contributed by atoms with Gasteiger partial charge in [-0.1, -0.05) is 20.8 Å². The SMILES string of the molecule is CC(C)(C)C(CCN)CCCNCc1ccsc1. The van der Waals surface area contributed by atoms with Gasteiger partial charge in [-0.3, -0.25) is 0 Å². The third kappa shape index (κ3) is 5.98. The normalized spacial score (nSPS) is 13.8. The number of rotatable bonds is 8. The predicted octanol–water partition coefficient (Wildman–Crippen LogP) is 3.63. The summed E-state index contributed by atoms with van der Waals surface area (Å²) in [6.45, 7) is 9.89. The number of hydrogen-bond acceptors (Lipinski definition) is 3. The highest BCUT2D eigenvalue weighted by Gasteiger charge is 2.22. The van der Waals surface area contributed by atoms with Gasteiger partial charge in [0.2, 0.25) is 0 Å². The van der Waals surface area contributed by atoms with Gasteiger partial charge < -0.3 is 11.1 Å². The Morgan fingerprint density at radius 2 is 2.11 bits per heavy atom. The number of nitrogens with two attached hydrogens (primary N) is 1. The lowest BCUT2D eigenvalue weighted by Crippen LogP contribution is -2.25. The second-order valence-electron chi connectivity index (χ2n) is 6.09. The third-order valence-corrected chi connectivity index (χ3v) is 4.29. The summed E-state index contributed by atoms with van der Waals surface area (Å²) in [6, 6.07) is 2.18. The average Bonchev–Trinajstić information content (AvgIpc) is 2.78. The molecule has 2 nitrogen and oxygen atoms in total.